The maximum absolute atomic E-state index is 13.2. The molecule has 4 rings (SSSR count). The normalized spacial score (nSPS) is 22.4. The van der Waals surface area contributed by atoms with Crippen molar-refractivity contribution in [3.8, 4) is 0 Å². The van der Waals surface area contributed by atoms with E-state index in [1.54, 1.807) is 30.7 Å². The highest BCUT2D eigenvalue weighted by atomic mass is 35.5. The van der Waals surface area contributed by atoms with Crippen LogP contribution < -0.4 is 5.32 Å². The van der Waals surface area contributed by atoms with Crippen molar-refractivity contribution in [1.82, 2.24) is 14.4 Å². The van der Waals surface area contributed by atoms with E-state index in [-0.39, 0.29) is 10.9 Å². The molecule has 6 nitrogen and oxygen atoms in total. The van der Waals surface area contributed by atoms with E-state index >= 15 is 0 Å². The summed E-state index contributed by atoms with van der Waals surface area (Å²) in [5, 5.41) is 23.4. The molecule has 3 atom stereocenters. The molecule has 1 aliphatic carbocycles. The largest absolute Gasteiger partial charge is 0.390 e. The molecular formula is C19H20ClFN4O2. The summed E-state index contributed by atoms with van der Waals surface area (Å²) in [7, 11) is 0. The summed E-state index contributed by atoms with van der Waals surface area (Å²) in [6, 6.07) is 4.68. The Labute approximate surface area is 160 Å². The maximum atomic E-state index is 13.2. The van der Waals surface area contributed by atoms with Crippen LogP contribution in [-0.4, -0.2) is 43.3 Å². The van der Waals surface area contributed by atoms with Crippen LogP contribution in [0.2, 0.25) is 5.02 Å². The van der Waals surface area contributed by atoms with Crippen LogP contribution in [-0.2, 0) is 6.42 Å². The van der Waals surface area contributed by atoms with Gasteiger partial charge in [-0.1, -0.05) is 17.7 Å². The third-order valence-electron chi connectivity index (χ3n) is 5.11. The fourth-order valence-corrected chi connectivity index (χ4v) is 3.84. The third-order valence-corrected chi connectivity index (χ3v) is 5.40. The Morgan fingerprint density at radius 3 is 2.85 bits per heavy atom. The van der Waals surface area contributed by atoms with Crippen LogP contribution in [0.3, 0.4) is 0 Å². The minimum Gasteiger partial charge on any atom is -0.390 e. The average Bonchev–Trinajstić information content (AvgIpc) is 3.22. The third kappa shape index (κ3) is 3.50. The first-order valence-electron chi connectivity index (χ1n) is 8.90. The second-order valence-corrected chi connectivity index (χ2v) is 7.23. The fraction of sp³-hybridized carbons (Fsp3) is 0.368. The van der Waals surface area contributed by atoms with E-state index in [1.165, 1.54) is 6.07 Å². The number of rotatable bonds is 5. The first-order chi connectivity index (χ1) is 13.0. The monoisotopic (exact) mass is 390 g/mol. The van der Waals surface area contributed by atoms with Crippen LogP contribution in [0.25, 0.3) is 5.65 Å². The minimum atomic E-state index is -0.780. The van der Waals surface area contributed by atoms with E-state index in [9.17, 15) is 14.6 Å². The Hall–Kier alpha value is -2.22. The Morgan fingerprint density at radius 2 is 2.11 bits per heavy atom. The number of aliphatic hydroxyl groups is 2. The number of nitrogens with one attached hydrogen (secondary N) is 1. The van der Waals surface area contributed by atoms with Crippen molar-refractivity contribution in [1.29, 1.82) is 0 Å². The number of nitrogens with zero attached hydrogens (tertiary/aromatic N) is 3. The number of anilines is 1. The van der Waals surface area contributed by atoms with E-state index in [4.69, 9.17) is 11.6 Å². The average molecular weight is 391 g/mol. The number of aromatic nitrogens is 3. The lowest BCUT2D eigenvalue weighted by molar-refractivity contribution is 0.0345. The van der Waals surface area contributed by atoms with Crippen LogP contribution in [0.5, 0.6) is 0 Å². The van der Waals surface area contributed by atoms with Gasteiger partial charge in [-0.05, 0) is 37.0 Å². The van der Waals surface area contributed by atoms with Crippen molar-refractivity contribution >= 4 is 23.1 Å². The van der Waals surface area contributed by atoms with E-state index in [2.05, 4.69) is 15.3 Å². The van der Waals surface area contributed by atoms with Gasteiger partial charge in [0.25, 0.3) is 0 Å². The second-order valence-electron chi connectivity index (χ2n) is 6.82. The first kappa shape index (κ1) is 18.2. The molecule has 3 N–H and O–H groups in total. The van der Waals surface area contributed by atoms with Gasteiger partial charge >= 0.3 is 0 Å². The highest BCUT2D eigenvalue weighted by molar-refractivity contribution is 6.30. The van der Waals surface area contributed by atoms with Gasteiger partial charge in [0, 0.05) is 36.7 Å². The quantitative estimate of drug-likeness (QED) is 0.624. The van der Waals surface area contributed by atoms with Crippen molar-refractivity contribution in [2.75, 3.05) is 11.9 Å². The van der Waals surface area contributed by atoms with Crippen LogP contribution in [0, 0.1) is 5.82 Å². The van der Waals surface area contributed by atoms with E-state index in [1.807, 2.05) is 4.40 Å². The van der Waals surface area contributed by atoms with Gasteiger partial charge in [0.15, 0.2) is 11.5 Å². The molecule has 0 saturated heterocycles. The van der Waals surface area contributed by atoms with Crippen molar-refractivity contribution < 1.29 is 14.6 Å². The molecular weight excluding hydrogens is 371 g/mol. The van der Waals surface area contributed by atoms with Gasteiger partial charge < -0.3 is 15.5 Å². The molecule has 142 valence electrons. The van der Waals surface area contributed by atoms with Crippen LogP contribution in [0.1, 0.15) is 30.0 Å². The molecule has 1 aromatic carbocycles. The van der Waals surface area contributed by atoms with Gasteiger partial charge in [-0.25, -0.2) is 14.4 Å². The molecule has 2 heterocycles. The number of fused-ring (bicyclic) bond motifs is 1. The van der Waals surface area contributed by atoms with Gasteiger partial charge in [-0.15, -0.1) is 0 Å². The molecule has 1 fully saturated rings. The first-order valence-corrected chi connectivity index (χ1v) is 9.28. The van der Waals surface area contributed by atoms with Gasteiger partial charge in [0.05, 0.1) is 17.2 Å². The van der Waals surface area contributed by atoms with Crippen LogP contribution in [0.4, 0.5) is 10.2 Å². The molecule has 0 aliphatic heterocycles. The number of benzene rings is 1. The van der Waals surface area contributed by atoms with Gasteiger partial charge in [0.1, 0.15) is 5.82 Å². The lowest BCUT2D eigenvalue weighted by Gasteiger charge is -2.16. The highest BCUT2D eigenvalue weighted by Crippen LogP contribution is 2.35. The number of imidazole rings is 1. The Bertz CT molecular complexity index is 964. The van der Waals surface area contributed by atoms with Crippen molar-refractivity contribution in [2.45, 2.75) is 37.4 Å². The topological polar surface area (TPSA) is 82.7 Å². The minimum absolute atomic E-state index is 0.114. The molecule has 27 heavy (non-hydrogen) atoms. The Balaban J connectivity index is 1.50. The maximum Gasteiger partial charge on any atom is 0.180 e. The predicted molar refractivity (Wildman–Crippen MR) is 101 cm³/mol. The summed E-state index contributed by atoms with van der Waals surface area (Å²) in [4.78, 5) is 8.80. The second kappa shape index (κ2) is 7.42. The summed E-state index contributed by atoms with van der Waals surface area (Å²) in [6.45, 7) is 0.585. The Morgan fingerprint density at radius 1 is 1.26 bits per heavy atom. The van der Waals surface area contributed by atoms with Crippen molar-refractivity contribution in [3.05, 3.63) is 58.9 Å². The highest BCUT2D eigenvalue weighted by Gasteiger charge is 2.36. The van der Waals surface area contributed by atoms with E-state index in [0.717, 1.165) is 11.3 Å². The fourth-order valence-electron chi connectivity index (χ4n) is 3.64. The Kier molecular flexibility index (Phi) is 4.99. The zero-order valence-corrected chi connectivity index (χ0v) is 15.3. The predicted octanol–water partition coefficient (Wildman–Crippen LogP) is 2.78. The van der Waals surface area contributed by atoms with E-state index in [0.29, 0.717) is 37.3 Å². The standard InChI is InChI=1S/C19H20ClFN4O2/c20-13-9-11(1-3-14(13)21)5-6-22-18-19-24-10-15(25(19)8-7-23-18)12-2-4-16(26)17(12)27/h1,3,7-10,12,16-17,26-27H,2,4-6H2,(H,22,23)/t12-,16+,17-/m0/s1. The summed E-state index contributed by atoms with van der Waals surface area (Å²) in [6.07, 6.45) is 5.69. The van der Waals surface area contributed by atoms with Gasteiger partial charge in [-0.2, -0.15) is 0 Å². The lowest BCUT2D eigenvalue weighted by atomic mass is 10.0. The molecule has 0 bridgehead atoms. The number of halogens is 2. The molecule has 0 radical (unpaired) electrons. The van der Waals surface area contributed by atoms with Crippen LogP contribution >= 0.6 is 11.6 Å². The molecule has 3 aromatic rings. The summed E-state index contributed by atoms with van der Waals surface area (Å²) >= 11 is 5.82. The molecule has 0 spiro atoms. The van der Waals surface area contributed by atoms with Crippen molar-refractivity contribution in [3.63, 3.8) is 0 Å². The molecule has 2 aromatic heterocycles. The van der Waals surface area contributed by atoms with Crippen molar-refractivity contribution in [2.24, 2.45) is 0 Å². The zero-order chi connectivity index (χ0) is 19.0. The summed E-state index contributed by atoms with van der Waals surface area (Å²) in [5.74, 6) is 0.0561. The molecule has 8 heteroatoms. The smallest absolute Gasteiger partial charge is 0.180 e. The van der Waals surface area contributed by atoms with Crippen LogP contribution in [0.15, 0.2) is 36.8 Å². The molecule has 1 saturated carbocycles. The SMILES string of the molecule is O[C@@H]1[C@H](O)CC[C@H]1c1cnc2c(NCCc3ccc(F)c(Cl)c3)nccn12. The number of hydrogen-bond donors (Lipinski definition) is 3. The van der Waals surface area contributed by atoms with Gasteiger partial charge in [0.2, 0.25) is 0 Å². The number of hydrogen-bond acceptors (Lipinski definition) is 5. The van der Waals surface area contributed by atoms with Gasteiger partial charge in [-0.3, -0.25) is 4.40 Å². The van der Waals surface area contributed by atoms with E-state index < -0.39 is 18.0 Å². The molecule has 1 aliphatic rings. The number of aliphatic hydroxyl groups excluding tert-OH is 2. The molecule has 0 amide bonds. The molecule has 0 unspecified atom stereocenters. The lowest BCUT2D eigenvalue weighted by Crippen LogP contribution is -2.24. The zero-order valence-electron chi connectivity index (χ0n) is 14.5. The summed E-state index contributed by atoms with van der Waals surface area (Å²) in [5.41, 5.74) is 2.45. The summed E-state index contributed by atoms with van der Waals surface area (Å²) < 4.78 is 15.1.